The van der Waals surface area contributed by atoms with Gasteiger partial charge in [-0.1, -0.05) is 30.1 Å². The van der Waals surface area contributed by atoms with E-state index in [1.165, 1.54) is 6.07 Å². The first-order valence-corrected chi connectivity index (χ1v) is 12.4. The Morgan fingerprint density at radius 2 is 1.62 bits per heavy atom. The molecule has 1 aromatic carbocycles. The molecule has 2 unspecified atom stereocenters. The lowest BCUT2D eigenvalue weighted by molar-refractivity contribution is -0.348. The van der Waals surface area contributed by atoms with Gasteiger partial charge in [0.1, 0.15) is 0 Å². The first-order chi connectivity index (χ1) is 15.9. The summed E-state index contributed by atoms with van der Waals surface area (Å²) in [6.45, 7) is 2.20. The van der Waals surface area contributed by atoms with Gasteiger partial charge in [-0.3, -0.25) is 4.31 Å². The molecule has 2 amide bonds. The number of hydrogen-bond acceptors (Lipinski definition) is 3. The number of hydrogen-bond donors (Lipinski definition) is 1. The number of fused-ring (bicyclic) bond motifs is 3. The van der Waals surface area contributed by atoms with Crippen LogP contribution in [0.3, 0.4) is 0 Å². The van der Waals surface area contributed by atoms with E-state index in [4.69, 9.17) is 0 Å². The van der Waals surface area contributed by atoms with Gasteiger partial charge in [-0.2, -0.15) is 26.3 Å². The molecule has 4 nitrogen and oxygen atoms in total. The van der Waals surface area contributed by atoms with Crippen LogP contribution in [0, 0.1) is 0 Å². The van der Waals surface area contributed by atoms with Crippen molar-refractivity contribution in [2.75, 3.05) is 25.9 Å². The Kier molecular flexibility index (Phi) is 6.78. The molecule has 0 saturated carbocycles. The number of piperidine rings is 1. The van der Waals surface area contributed by atoms with E-state index in [9.17, 15) is 35.5 Å². The van der Waals surface area contributed by atoms with Crippen LogP contribution in [0.2, 0.25) is 0 Å². The number of alkyl halides is 7. The first-order valence-electron chi connectivity index (χ1n) is 11.2. The summed E-state index contributed by atoms with van der Waals surface area (Å²) in [5.74, 6) is -0.201. The van der Waals surface area contributed by atoms with Crippen LogP contribution in [0.15, 0.2) is 18.2 Å². The normalized spacial score (nSPS) is 24.6. The Morgan fingerprint density at radius 1 is 0.971 bits per heavy atom. The Balaban J connectivity index is 1.50. The van der Waals surface area contributed by atoms with Gasteiger partial charge in [0.15, 0.2) is 0 Å². The largest absolute Gasteiger partial charge is 0.435 e. The molecule has 3 aliphatic rings. The zero-order chi connectivity index (χ0) is 24.9. The second-order valence-electron chi connectivity index (χ2n) is 9.10. The predicted molar refractivity (Wildman–Crippen MR) is 114 cm³/mol. The fourth-order valence-electron chi connectivity index (χ4n) is 5.46. The van der Waals surface area contributed by atoms with Crippen LogP contribution in [0.25, 0.3) is 0 Å². The smallest absolute Gasteiger partial charge is 0.335 e. The molecule has 0 bridgehead atoms. The lowest BCUT2D eigenvalue weighted by Gasteiger charge is -2.36. The molecule has 34 heavy (non-hydrogen) atoms. The van der Waals surface area contributed by atoms with E-state index in [2.05, 4.69) is 9.62 Å². The van der Waals surface area contributed by atoms with Crippen molar-refractivity contribution in [3.63, 3.8) is 0 Å². The predicted octanol–water partition coefficient (Wildman–Crippen LogP) is 5.53. The number of halogens is 7. The van der Waals surface area contributed by atoms with Crippen molar-refractivity contribution in [2.45, 2.75) is 68.1 Å². The average Bonchev–Trinajstić information content (AvgIpc) is 3.22. The van der Waals surface area contributed by atoms with Crippen LogP contribution in [0.1, 0.15) is 48.3 Å². The maximum absolute atomic E-state index is 14.5. The minimum absolute atomic E-state index is 0.0656. The summed E-state index contributed by atoms with van der Waals surface area (Å²) in [6.07, 6.45) is -7.47. The number of nitrogens with one attached hydrogen (secondary N) is 1. The van der Waals surface area contributed by atoms with Gasteiger partial charge in [0.25, 0.3) is 0 Å². The van der Waals surface area contributed by atoms with E-state index in [0.717, 1.165) is 25.9 Å². The van der Waals surface area contributed by atoms with Crippen molar-refractivity contribution in [1.29, 1.82) is 0 Å². The van der Waals surface area contributed by atoms with E-state index in [1.54, 1.807) is 16.8 Å². The van der Waals surface area contributed by atoms with Crippen LogP contribution in [0.5, 0.6) is 0 Å². The molecule has 12 heteroatoms. The SMILES string of the molecule is CSN1CCC(NC(=O)N2CCC3c4ccc(C(F)(C(F)(F)F)C(F)(F)F)cc4CCC32)CC1. The van der Waals surface area contributed by atoms with E-state index < -0.39 is 23.6 Å². The van der Waals surface area contributed by atoms with E-state index in [0.29, 0.717) is 37.1 Å². The third-order valence-electron chi connectivity index (χ3n) is 7.28. The highest BCUT2D eigenvalue weighted by atomic mass is 32.2. The molecular weight excluding hydrogens is 487 g/mol. The lowest BCUT2D eigenvalue weighted by Crippen LogP contribution is -2.51. The highest BCUT2D eigenvalue weighted by molar-refractivity contribution is 7.96. The summed E-state index contributed by atoms with van der Waals surface area (Å²) < 4.78 is 95.7. The number of carbonyl (C=O) groups is 1. The molecule has 2 atom stereocenters. The van der Waals surface area contributed by atoms with Crippen LogP contribution in [0.4, 0.5) is 35.5 Å². The number of carbonyl (C=O) groups excluding carboxylic acids is 1. The minimum Gasteiger partial charge on any atom is -0.335 e. The standard InChI is InChI=1S/C22H26F7N3OS/c1-34-31-9-6-15(7-10-31)30-19(33)32-11-8-17-16-4-3-14(12-13(16)2-5-18(17)32)20(23,21(24,25)26)22(27,28)29/h3-4,12,15,17-18H,2,5-11H2,1H3,(H,30,33). The van der Waals surface area contributed by atoms with Crippen molar-refractivity contribution < 1.29 is 35.5 Å². The molecule has 1 aromatic rings. The van der Waals surface area contributed by atoms with Crippen molar-refractivity contribution in [1.82, 2.24) is 14.5 Å². The first kappa shape index (κ1) is 25.4. The molecule has 1 aliphatic carbocycles. The van der Waals surface area contributed by atoms with Gasteiger partial charge in [0, 0.05) is 43.2 Å². The molecule has 0 radical (unpaired) electrons. The zero-order valence-corrected chi connectivity index (χ0v) is 19.3. The third-order valence-corrected chi connectivity index (χ3v) is 8.16. The topological polar surface area (TPSA) is 35.6 Å². The van der Waals surface area contributed by atoms with Crippen molar-refractivity contribution in [3.05, 3.63) is 34.9 Å². The Morgan fingerprint density at radius 3 is 2.21 bits per heavy atom. The molecule has 2 saturated heterocycles. The summed E-state index contributed by atoms with van der Waals surface area (Å²) in [7, 11) is 0. The van der Waals surface area contributed by atoms with Crippen molar-refractivity contribution in [3.8, 4) is 0 Å². The summed E-state index contributed by atoms with van der Waals surface area (Å²) in [6, 6.07) is 2.15. The molecule has 0 aromatic heterocycles. The molecule has 0 spiro atoms. The number of benzene rings is 1. The molecule has 2 fully saturated rings. The van der Waals surface area contributed by atoms with Gasteiger partial charge in [-0.25, -0.2) is 9.18 Å². The maximum atomic E-state index is 14.5. The van der Waals surface area contributed by atoms with Crippen LogP contribution < -0.4 is 5.32 Å². The average molecular weight is 514 g/mol. The molecule has 2 heterocycles. The number of aryl methyl sites for hydroxylation is 1. The molecule has 1 N–H and O–H groups in total. The highest BCUT2D eigenvalue weighted by Gasteiger charge is 2.73. The summed E-state index contributed by atoms with van der Waals surface area (Å²) >= 11 is 1.67. The molecule has 2 aliphatic heterocycles. The zero-order valence-electron chi connectivity index (χ0n) is 18.5. The van der Waals surface area contributed by atoms with Gasteiger partial charge in [0.2, 0.25) is 0 Å². The summed E-state index contributed by atoms with van der Waals surface area (Å²) in [5, 5.41) is 3.08. The number of nitrogens with zero attached hydrogens (tertiary/aromatic N) is 2. The van der Waals surface area contributed by atoms with Crippen LogP contribution in [-0.2, 0) is 12.1 Å². The van der Waals surface area contributed by atoms with Crippen molar-refractivity contribution in [2.24, 2.45) is 0 Å². The number of likely N-dealkylation sites (tertiary alicyclic amines) is 1. The Labute approximate surface area is 197 Å². The second kappa shape index (κ2) is 9.07. The Bertz CT molecular complexity index is 901. The highest BCUT2D eigenvalue weighted by Crippen LogP contribution is 2.54. The third kappa shape index (κ3) is 4.36. The van der Waals surface area contributed by atoms with Gasteiger partial charge < -0.3 is 10.2 Å². The van der Waals surface area contributed by atoms with Crippen molar-refractivity contribution >= 4 is 18.0 Å². The lowest BCUT2D eigenvalue weighted by atomic mass is 9.77. The van der Waals surface area contributed by atoms with E-state index in [1.807, 2.05) is 6.26 Å². The van der Waals surface area contributed by atoms with Crippen LogP contribution >= 0.6 is 11.9 Å². The summed E-state index contributed by atoms with van der Waals surface area (Å²) in [5.41, 5.74) is -6.01. The monoisotopic (exact) mass is 513 g/mol. The van der Waals surface area contributed by atoms with E-state index >= 15 is 0 Å². The van der Waals surface area contributed by atoms with Gasteiger partial charge >= 0.3 is 24.1 Å². The summed E-state index contributed by atoms with van der Waals surface area (Å²) in [4.78, 5) is 14.7. The number of rotatable bonds is 3. The fourth-order valence-corrected chi connectivity index (χ4v) is 6.03. The molecular formula is C22H26F7N3OS. The second-order valence-corrected chi connectivity index (χ2v) is 9.98. The number of urea groups is 1. The quantitative estimate of drug-likeness (QED) is 0.427. The molecule has 4 rings (SSSR count). The fraction of sp³-hybridized carbons (Fsp3) is 0.682. The maximum Gasteiger partial charge on any atom is 0.435 e. The van der Waals surface area contributed by atoms with Gasteiger partial charge in [-0.15, -0.1) is 0 Å². The number of amides is 2. The van der Waals surface area contributed by atoms with Crippen LogP contribution in [-0.4, -0.2) is 65.6 Å². The Hall–Kier alpha value is -1.69. The van der Waals surface area contributed by atoms with Gasteiger partial charge in [-0.05, 0) is 49.5 Å². The van der Waals surface area contributed by atoms with E-state index in [-0.39, 0.29) is 36.0 Å². The molecule has 190 valence electrons. The van der Waals surface area contributed by atoms with Gasteiger partial charge in [0.05, 0.1) is 0 Å². The minimum atomic E-state index is -6.13.